The number of halogens is 3. The van der Waals surface area contributed by atoms with Crippen molar-refractivity contribution in [2.75, 3.05) is 0 Å². The van der Waals surface area contributed by atoms with E-state index in [9.17, 15) is 22.8 Å². The Kier molecular flexibility index (Phi) is 4.23. The molecule has 3 aromatic rings. The molecule has 1 aromatic carbocycles. The van der Waals surface area contributed by atoms with Gasteiger partial charge in [0.2, 0.25) is 0 Å². The second-order valence-electron chi connectivity index (χ2n) is 5.57. The highest BCUT2D eigenvalue weighted by molar-refractivity contribution is 5.81. The number of pyridine rings is 1. The summed E-state index contributed by atoms with van der Waals surface area (Å²) in [7, 11) is 0. The predicted octanol–water partition coefficient (Wildman–Crippen LogP) is 2.60. The summed E-state index contributed by atoms with van der Waals surface area (Å²) in [5.74, 6) is -1.03. The number of nitrogens with zero attached hydrogens (tertiary/aromatic N) is 4. The van der Waals surface area contributed by atoms with Gasteiger partial charge in [-0.25, -0.2) is 13.8 Å². The SMILES string of the molecule is CCCn1c(=O)ccc2cc(F)c(-n3nc(C)n(C(F)F)c3=O)cc21. The molecule has 25 heavy (non-hydrogen) atoms. The average Bonchev–Trinajstić information content (AvgIpc) is 2.84. The van der Waals surface area contributed by atoms with Gasteiger partial charge in [0.25, 0.3) is 5.56 Å². The largest absolute Gasteiger partial charge is 0.355 e. The highest BCUT2D eigenvalue weighted by atomic mass is 19.3. The molecule has 0 unspecified atom stereocenters. The molecule has 0 saturated heterocycles. The summed E-state index contributed by atoms with van der Waals surface area (Å²) in [6.45, 7) is 0.438. The van der Waals surface area contributed by atoms with Gasteiger partial charge in [-0.1, -0.05) is 6.92 Å². The van der Waals surface area contributed by atoms with Crippen LogP contribution < -0.4 is 11.2 Å². The van der Waals surface area contributed by atoms with Crippen LogP contribution in [-0.2, 0) is 6.54 Å². The van der Waals surface area contributed by atoms with Crippen LogP contribution in [0.15, 0.2) is 33.9 Å². The van der Waals surface area contributed by atoms with Crippen LogP contribution in [0.3, 0.4) is 0 Å². The minimum Gasteiger partial charge on any atom is -0.308 e. The first-order chi connectivity index (χ1) is 11.8. The van der Waals surface area contributed by atoms with E-state index in [1.807, 2.05) is 6.92 Å². The van der Waals surface area contributed by atoms with Gasteiger partial charge in [-0.05, 0) is 31.5 Å². The van der Waals surface area contributed by atoms with Crippen LogP contribution in [0.1, 0.15) is 25.7 Å². The van der Waals surface area contributed by atoms with Crippen LogP contribution in [0.25, 0.3) is 16.6 Å². The Balaban J connectivity index is 2.33. The van der Waals surface area contributed by atoms with E-state index < -0.39 is 18.1 Å². The van der Waals surface area contributed by atoms with Crippen molar-refractivity contribution in [2.45, 2.75) is 33.4 Å². The fourth-order valence-electron chi connectivity index (χ4n) is 2.78. The molecule has 0 N–H and O–H groups in total. The molecule has 0 radical (unpaired) electrons. The maximum Gasteiger partial charge on any atom is 0.355 e. The molecule has 3 rings (SSSR count). The van der Waals surface area contributed by atoms with Crippen LogP contribution in [-0.4, -0.2) is 18.9 Å². The van der Waals surface area contributed by atoms with E-state index in [-0.39, 0.29) is 21.6 Å². The first-order valence-electron chi connectivity index (χ1n) is 7.65. The Bertz CT molecular complexity index is 1070. The summed E-state index contributed by atoms with van der Waals surface area (Å²) in [5, 5.41) is 4.19. The second kappa shape index (κ2) is 6.23. The van der Waals surface area contributed by atoms with E-state index in [1.165, 1.54) is 29.7 Å². The molecule has 2 heterocycles. The normalized spacial score (nSPS) is 11.6. The Labute approximate surface area is 139 Å². The molecule has 132 valence electrons. The Morgan fingerprint density at radius 2 is 1.92 bits per heavy atom. The van der Waals surface area contributed by atoms with E-state index >= 15 is 0 Å². The first kappa shape index (κ1) is 17.0. The highest BCUT2D eigenvalue weighted by Crippen LogP contribution is 2.21. The fourth-order valence-corrected chi connectivity index (χ4v) is 2.78. The lowest BCUT2D eigenvalue weighted by molar-refractivity contribution is 0.0640. The Hall–Kier alpha value is -2.84. The molecule has 0 saturated carbocycles. The second-order valence-corrected chi connectivity index (χ2v) is 5.57. The molecule has 9 heteroatoms. The van der Waals surface area contributed by atoms with Crippen molar-refractivity contribution in [3.8, 4) is 5.69 Å². The minimum atomic E-state index is -3.08. The summed E-state index contributed by atoms with van der Waals surface area (Å²) in [6, 6.07) is 5.24. The molecule has 0 fully saturated rings. The molecule has 0 spiro atoms. The zero-order valence-corrected chi connectivity index (χ0v) is 13.5. The number of hydrogen-bond acceptors (Lipinski definition) is 3. The van der Waals surface area contributed by atoms with Crippen LogP contribution in [0.4, 0.5) is 13.2 Å². The van der Waals surface area contributed by atoms with Crippen molar-refractivity contribution < 1.29 is 13.2 Å². The molecule has 0 atom stereocenters. The van der Waals surface area contributed by atoms with Crippen molar-refractivity contribution in [1.29, 1.82) is 0 Å². The molecule has 6 nitrogen and oxygen atoms in total. The summed E-state index contributed by atoms with van der Waals surface area (Å²) < 4.78 is 42.6. The standard InChI is InChI=1S/C16H15F3N4O2/c1-3-6-21-12-8-13(11(17)7-10(12)4-5-14(21)24)23-16(25)22(15(18)19)9(2)20-23/h4-5,7-8,15H,3,6H2,1-2H3. The third kappa shape index (κ3) is 2.75. The van der Waals surface area contributed by atoms with Gasteiger partial charge >= 0.3 is 12.2 Å². The smallest absolute Gasteiger partial charge is 0.308 e. The maximum absolute atomic E-state index is 14.5. The van der Waals surface area contributed by atoms with Gasteiger partial charge < -0.3 is 4.57 Å². The lowest BCUT2D eigenvalue weighted by Gasteiger charge is -2.11. The van der Waals surface area contributed by atoms with Crippen molar-refractivity contribution in [1.82, 2.24) is 18.9 Å². The van der Waals surface area contributed by atoms with E-state index in [4.69, 9.17) is 0 Å². The minimum absolute atomic E-state index is 0.174. The molecule has 0 aliphatic carbocycles. The Morgan fingerprint density at radius 3 is 2.52 bits per heavy atom. The summed E-state index contributed by atoms with van der Waals surface area (Å²) in [5.41, 5.74) is -1.29. The van der Waals surface area contributed by atoms with Crippen molar-refractivity contribution >= 4 is 10.9 Å². The topological polar surface area (TPSA) is 61.8 Å². The Morgan fingerprint density at radius 1 is 1.20 bits per heavy atom. The number of benzene rings is 1. The average molecular weight is 352 g/mol. The number of aryl methyl sites for hydroxylation is 2. The lowest BCUT2D eigenvalue weighted by Crippen LogP contribution is -2.25. The highest BCUT2D eigenvalue weighted by Gasteiger charge is 2.20. The van der Waals surface area contributed by atoms with E-state index in [0.717, 1.165) is 6.07 Å². The number of alkyl halides is 2. The number of rotatable bonds is 4. The zero-order valence-electron chi connectivity index (χ0n) is 13.5. The maximum atomic E-state index is 14.5. The monoisotopic (exact) mass is 352 g/mol. The van der Waals surface area contributed by atoms with Crippen LogP contribution in [0.2, 0.25) is 0 Å². The van der Waals surface area contributed by atoms with Crippen LogP contribution in [0, 0.1) is 12.7 Å². The van der Waals surface area contributed by atoms with Gasteiger partial charge in [0.1, 0.15) is 17.3 Å². The van der Waals surface area contributed by atoms with Crippen molar-refractivity contribution in [2.24, 2.45) is 0 Å². The molecule has 0 aliphatic heterocycles. The van der Waals surface area contributed by atoms with E-state index in [2.05, 4.69) is 5.10 Å². The third-order valence-electron chi connectivity index (χ3n) is 3.91. The number of fused-ring (bicyclic) bond motifs is 1. The summed E-state index contributed by atoms with van der Waals surface area (Å²) >= 11 is 0. The predicted molar refractivity (Wildman–Crippen MR) is 85.8 cm³/mol. The number of hydrogen-bond donors (Lipinski definition) is 0. The summed E-state index contributed by atoms with van der Waals surface area (Å²) in [4.78, 5) is 24.2. The summed E-state index contributed by atoms with van der Waals surface area (Å²) in [6.07, 6.45) is 0.671. The lowest BCUT2D eigenvalue weighted by atomic mass is 10.1. The molecule has 0 amide bonds. The van der Waals surface area contributed by atoms with Gasteiger partial charge in [-0.15, -0.1) is 5.10 Å². The van der Waals surface area contributed by atoms with E-state index in [0.29, 0.717) is 28.6 Å². The van der Waals surface area contributed by atoms with Crippen LogP contribution in [0.5, 0.6) is 0 Å². The van der Waals surface area contributed by atoms with Gasteiger partial charge in [-0.3, -0.25) is 4.79 Å². The van der Waals surface area contributed by atoms with Gasteiger partial charge in [0.15, 0.2) is 0 Å². The zero-order chi connectivity index (χ0) is 18.3. The van der Waals surface area contributed by atoms with Gasteiger partial charge in [-0.2, -0.15) is 13.5 Å². The van der Waals surface area contributed by atoms with Crippen molar-refractivity contribution in [3.63, 3.8) is 0 Å². The quantitative estimate of drug-likeness (QED) is 0.725. The van der Waals surface area contributed by atoms with Gasteiger partial charge in [0, 0.05) is 18.0 Å². The van der Waals surface area contributed by atoms with Crippen LogP contribution >= 0.6 is 0 Å². The third-order valence-corrected chi connectivity index (χ3v) is 3.91. The molecule has 0 aliphatic rings. The van der Waals surface area contributed by atoms with E-state index in [1.54, 1.807) is 0 Å². The van der Waals surface area contributed by atoms with Crippen molar-refractivity contribution in [3.05, 3.63) is 56.7 Å². The molecule has 2 aromatic heterocycles. The fraction of sp³-hybridized carbons (Fsp3) is 0.312. The first-order valence-corrected chi connectivity index (χ1v) is 7.65. The number of aromatic nitrogens is 4. The van der Waals surface area contributed by atoms with Gasteiger partial charge in [0.05, 0.1) is 5.52 Å². The molecular weight excluding hydrogens is 337 g/mol. The molecular formula is C16H15F3N4O2. The molecule has 0 bridgehead atoms.